The van der Waals surface area contributed by atoms with Gasteiger partial charge in [-0.25, -0.2) is 0 Å². The average Bonchev–Trinajstić information content (AvgIpc) is 2.36. The number of carbonyl (C=O) groups is 2. The van der Waals surface area contributed by atoms with Crippen molar-refractivity contribution in [3.63, 3.8) is 0 Å². The number of rotatable bonds is 7. The number of methoxy groups -OCH3 is 1. The van der Waals surface area contributed by atoms with Gasteiger partial charge in [0.1, 0.15) is 5.75 Å². The Bertz CT molecular complexity index is 422. The molecule has 1 rings (SSSR count). The first-order valence-electron chi connectivity index (χ1n) is 5.37. The lowest BCUT2D eigenvalue weighted by atomic mass is 10.3. The van der Waals surface area contributed by atoms with Crippen LogP contribution in [0.1, 0.15) is 6.42 Å². The van der Waals surface area contributed by atoms with E-state index in [4.69, 9.17) is 9.84 Å². The number of hydrogen-bond acceptors (Lipinski definition) is 4. The molecule has 0 unspecified atom stereocenters. The first kappa shape index (κ1) is 14.4. The number of carboxylic acids is 1. The van der Waals surface area contributed by atoms with Gasteiger partial charge < -0.3 is 15.2 Å². The Morgan fingerprint density at radius 3 is 2.89 bits per heavy atom. The van der Waals surface area contributed by atoms with E-state index in [0.29, 0.717) is 0 Å². The first-order valence-corrected chi connectivity index (χ1v) is 6.35. The van der Waals surface area contributed by atoms with Crippen LogP contribution >= 0.6 is 11.8 Å². The number of ether oxygens (including phenoxy) is 1. The Kier molecular flexibility index (Phi) is 6.07. The van der Waals surface area contributed by atoms with Crippen LogP contribution in [0.5, 0.6) is 5.75 Å². The number of amides is 1. The summed E-state index contributed by atoms with van der Waals surface area (Å²) in [5.41, 5.74) is 0. The molecule has 18 heavy (non-hydrogen) atoms. The molecule has 98 valence electrons. The number of carboxylic acid groups (broad SMARTS) is 1. The minimum atomic E-state index is -0.921. The summed E-state index contributed by atoms with van der Waals surface area (Å²) in [6, 6.07) is 7.41. The molecule has 0 bridgehead atoms. The lowest BCUT2D eigenvalue weighted by Gasteiger charge is -2.05. The summed E-state index contributed by atoms with van der Waals surface area (Å²) < 4.78 is 5.07. The fourth-order valence-corrected chi connectivity index (χ4v) is 1.97. The van der Waals surface area contributed by atoms with E-state index >= 15 is 0 Å². The van der Waals surface area contributed by atoms with Crippen LogP contribution < -0.4 is 10.1 Å². The van der Waals surface area contributed by atoms with Crippen LogP contribution in [0.3, 0.4) is 0 Å². The Labute approximate surface area is 110 Å². The molecule has 1 aromatic rings. The second kappa shape index (κ2) is 7.60. The Morgan fingerprint density at radius 1 is 1.44 bits per heavy atom. The Morgan fingerprint density at radius 2 is 2.22 bits per heavy atom. The topological polar surface area (TPSA) is 75.6 Å². The molecular weight excluding hydrogens is 254 g/mol. The molecule has 0 saturated carbocycles. The number of hydrogen-bond donors (Lipinski definition) is 2. The molecule has 0 aliphatic heterocycles. The molecule has 0 aliphatic carbocycles. The minimum Gasteiger partial charge on any atom is -0.497 e. The number of carbonyl (C=O) groups excluding carboxylic acids is 1. The van der Waals surface area contributed by atoms with Crippen molar-refractivity contribution in [2.45, 2.75) is 11.3 Å². The monoisotopic (exact) mass is 269 g/mol. The normalized spacial score (nSPS) is 9.83. The summed E-state index contributed by atoms with van der Waals surface area (Å²) in [5.74, 6) is -0.0987. The van der Waals surface area contributed by atoms with E-state index in [2.05, 4.69) is 5.32 Å². The minimum absolute atomic E-state index is 0.0600. The molecule has 0 saturated heterocycles. The molecule has 0 fully saturated rings. The lowest BCUT2D eigenvalue weighted by molar-refractivity contribution is -0.136. The smallest absolute Gasteiger partial charge is 0.305 e. The van der Waals surface area contributed by atoms with E-state index in [0.717, 1.165) is 10.6 Å². The van der Waals surface area contributed by atoms with Gasteiger partial charge in [-0.15, -0.1) is 11.8 Å². The van der Waals surface area contributed by atoms with Crippen molar-refractivity contribution in [3.8, 4) is 5.75 Å². The molecule has 5 nitrogen and oxygen atoms in total. The largest absolute Gasteiger partial charge is 0.497 e. The summed E-state index contributed by atoms with van der Waals surface area (Å²) in [4.78, 5) is 22.6. The van der Waals surface area contributed by atoms with Crippen LogP contribution in [0.2, 0.25) is 0 Å². The third kappa shape index (κ3) is 5.58. The van der Waals surface area contributed by atoms with E-state index in [1.54, 1.807) is 7.11 Å². The van der Waals surface area contributed by atoms with Crippen molar-refractivity contribution in [2.24, 2.45) is 0 Å². The summed E-state index contributed by atoms with van der Waals surface area (Å²) >= 11 is 1.38. The molecule has 0 radical (unpaired) electrons. The van der Waals surface area contributed by atoms with E-state index in [9.17, 15) is 9.59 Å². The predicted octanol–water partition coefficient (Wildman–Crippen LogP) is 1.38. The lowest BCUT2D eigenvalue weighted by Crippen LogP contribution is -2.27. The quantitative estimate of drug-likeness (QED) is 0.731. The van der Waals surface area contributed by atoms with Gasteiger partial charge >= 0.3 is 5.97 Å². The number of benzene rings is 1. The van der Waals surface area contributed by atoms with E-state index < -0.39 is 5.97 Å². The van der Waals surface area contributed by atoms with Gasteiger partial charge in [0.05, 0.1) is 19.3 Å². The van der Waals surface area contributed by atoms with Crippen LogP contribution in [-0.2, 0) is 9.59 Å². The summed E-state index contributed by atoms with van der Waals surface area (Å²) in [6.07, 6.45) is -0.0600. The van der Waals surface area contributed by atoms with Crippen LogP contribution in [0.15, 0.2) is 29.2 Å². The van der Waals surface area contributed by atoms with Crippen molar-refractivity contribution >= 4 is 23.6 Å². The number of aliphatic carboxylic acids is 1. The average molecular weight is 269 g/mol. The third-order valence-electron chi connectivity index (χ3n) is 2.07. The highest BCUT2D eigenvalue weighted by molar-refractivity contribution is 8.00. The van der Waals surface area contributed by atoms with Crippen molar-refractivity contribution in [2.75, 3.05) is 19.4 Å². The summed E-state index contributed by atoms with van der Waals surface area (Å²) in [7, 11) is 1.59. The number of thioether (sulfide) groups is 1. The molecular formula is C12H15NO4S. The van der Waals surface area contributed by atoms with Crippen LogP contribution in [0.25, 0.3) is 0 Å². The van der Waals surface area contributed by atoms with Gasteiger partial charge in [-0.05, 0) is 18.2 Å². The van der Waals surface area contributed by atoms with E-state index in [1.807, 2.05) is 24.3 Å². The molecule has 0 spiro atoms. The van der Waals surface area contributed by atoms with E-state index in [1.165, 1.54) is 11.8 Å². The molecule has 0 heterocycles. The molecule has 2 N–H and O–H groups in total. The van der Waals surface area contributed by atoms with Crippen molar-refractivity contribution in [1.29, 1.82) is 0 Å². The molecule has 1 aromatic carbocycles. The van der Waals surface area contributed by atoms with Crippen molar-refractivity contribution < 1.29 is 19.4 Å². The zero-order valence-corrected chi connectivity index (χ0v) is 10.8. The van der Waals surface area contributed by atoms with Gasteiger partial charge in [0, 0.05) is 11.4 Å². The maximum absolute atomic E-state index is 11.4. The SMILES string of the molecule is COc1cccc(SCC(=O)NCCC(=O)O)c1. The van der Waals surface area contributed by atoms with Gasteiger partial charge in [0.25, 0.3) is 0 Å². The fraction of sp³-hybridized carbons (Fsp3) is 0.333. The maximum Gasteiger partial charge on any atom is 0.305 e. The molecule has 0 aliphatic rings. The molecule has 6 heteroatoms. The number of nitrogens with one attached hydrogen (secondary N) is 1. The zero-order chi connectivity index (χ0) is 13.4. The van der Waals surface area contributed by atoms with Crippen molar-refractivity contribution in [3.05, 3.63) is 24.3 Å². The Hall–Kier alpha value is -1.69. The Balaban J connectivity index is 2.31. The third-order valence-corrected chi connectivity index (χ3v) is 3.07. The maximum atomic E-state index is 11.4. The highest BCUT2D eigenvalue weighted by atomic mass is 32.2. The zero-order valence-electron chi connectivity index (χ0n) is 10.0. The molecule has 0 aromatic heterocycles. The summed E-state index contributed by atoms with van der Waals surface area (Å²) in [5, 5.41) is 11.0. The standard InChI is InChI=1S/C12H15NO4S/c1-17-9-3-2-4-10(7-9)18-8-11(14)13-6-5-12(15)16/h2-4,7H,5-6,8H2,1H3,(H,13,14)(H,15,16). The van der Waals surface area contributed by atoms with Gasteiger partial charge in [-0.2, -0.15) is 0 Å². The van der Waals surface area contributed by atoms with Crippen LogP contribution in [0.4, 0.5) is 0 Å². The van der Waals surface area contributed by atoms with E-state index in [-0.39, 0.29) is 24.6 Å². The highest BCUT2D eigenvalue weighted by Gasteiger charge is 2.04. The predicted molar refractivity (Wildman–Crippen MR) is 69.0 cm³/mol. The van der Waals surface area contributed by atoms with Crippen LogP contribution in [-0.4, -0.2) is 36.4 Å². The summed E-state index contributed by atoms with van der Waals surface area (Å²) in [6.45, 7) is 0.160. The van der Waals surface area contributed by atoms with Crippen LogP contribution in [0, 0.1) is 0 Å². The van der Waals surface area contributed by atoms with Gasteiger partial charge in [0.15, 0.2) is 0 Å². The molecule has 0 atom stereocenters. The second-order valence-electron chi connectivity index (χ2n) is 3.46. The fourth-order valence-electron chi connectivity index (χ4n) is 1.20. The van der Waals surface area contributed by atoms with Crippen molar-refractivity contribution in [1.82, 2.24) is 5.32 Å². The second-order valence-corrected chi connectivity index (χ2v) is 4.51. The first-order chi connectivity index (χ1) is 8.61. The van der Waals surface area contributed by atoms with Gasteiger partial charge in [-0.3, -0.25) is 9.59 Å². The van der Waals surface area contributed by atoms with Gasteiger partial charge in [-0.1, -0.05) is 6.07 Å². The highest BCUT2D eigenvalue weighted by Crippen LogP contribution is 2.22. The van der Waals surface area contributed by atoms with Gasteiger partial charge in [0.2, 0.25) is 5.91 Å². The molecule has 1 amide bonds.